The predicted octanol–water partition coefficient (Wildman–Crippen LogP) is 3.03. The van der Waals surface area contributed by atoms with E-state index in [4.69, 9.17) is 4.52 Å². The number of pyridine rings is 1. The van der Waals surface area contributed by atoms with Crippen LogP contribution in [0.5, 0.6) is 0 Å². The Bertz CT molecular complexity index is 1080. The average Bonchev–Trinajstić information content (AvgIpc) is 3.10. The van der Waals surface area contributed by atoms with Gasteiger partial charge in [-0.25, -0.2) is 15.0 Å². The molecule has 0 radical (unpaired) electrons. The van der Waals surface area contributed by atoms with E-state index in [1.165, 1.54) is 6.26 Å². The zero-order chi connectivity index (χ0) is 18.3. The number of nitrogens with one attached hydrogen (secondary N) is 1. The molecule has 4 aromatic rings. The summed E-state index contributed by atoms with van der Waals surface area (Å²) in [4.78, 5) is 13.7. The smallest absolute Gasteiger partial charge is 0.223 e. The van der Waals surface area contributed by atoms with Gasteiger partial charge in [0, 0.05) is 31.1 Å². The summed E-state index contributed by atoms with van der Waals surface area (Å²) in [5, 5.41) is 11.7. The molecule has 0 aliphatic heterocycles. The van der Waals surface area contributed by atoms with Crippen molar-refractivity contribution < 1.29 is 4.52 Å². The molecule has 1 saturated carbocycles. The van der Waals surface area contributed by atoms with Crippen molar-refractivity contribution in [3.8, 4) is 22.8 Å². The van der Waals surface area contributed by atoms with Crippen molar-refractivity contribution in [2.24, 2.45) is 7.05 Å². The fourth-order valence-electron chi connectivity index (χ4n) is 3.12. The molecule has 4 aromatic heterocycles. The van der Waals surface area contributed by atoms with Crippen molar-refractivity contribution in [2.75, 3.05) is 5.32 Å². The summed E-state index contributed by atoms with van der Waals surface area (Å²) in [6.45, 7) is 0. The Morgan fingerprint density at radius 3 is 2.56 bits per heavy atom. The fraction of sp³-hybridized carbons (Fsp3) is 0.211. The summed E-state index contributed by atoms with van der Waals surface area (Å²) in [5.41, 5.74) is 3.97. The van der Waals surface area contributed by atoms with E-state index in [0.717, 1.165) is 35.5 Å². The lowest BCUT2D eigenvalue weighted by atomic mass is 10.1. The molecule has 0 saturated heterocycles. The van der Waals surface area contributed by atoms with Gasteiger partial charge in [0.2, 0.25) is 5.95 Å². The molecule has 1 aliphatic rings. The Morgan fingerprint density at radius 2 is 1.85 bits per heavy atom. The Morgan fingerprint density at radius 1 is 1.04 bits per heavy atom. The lowest BCUT2D eigenvalue weighted by molar-refractivity contribution is 0.422. The highest BCUT2D eigenvalue weighted by atomic mass is 16.5. The first kappa shape index (κ1) is 15.7. The molecular formula is C19H17N7O. The van der Waals surface area contributed by atoms with Crippen molar-refractivity contribution in [2.45, 2.75) is 18.4 Å². The molecule has 1 fully saturated rings. The number of aromatic nitrogens is 6. The van der Waals surface area contributed by atoms with Crippen molar-refractivity contribution in [3.05, 3.63) is 60.7 Å². The van der Waals surface area contributed by atoms with Crippen molar-refractivity contribution in [1.29, 1.82) is 0 Å². The Kier molecular flexibility index (Phi) is 3.49. The number of hydrogen-bond donors (Lipinski definition) is 1. The van der Waals surface area contributed by atoms with E-state index in [9.17, 15) is 0 Å². The van der Waals surface area contributed by atoms with E-state index >= 15 is 0 Å². The quantitative estimate of drug-likeness (QED) is 0.585. The molecule has 4 heterocycles. The van der Waals surface area contributed by atoms with Gasteiger partial charge >= 0.3 is 0 Å². The van der Waals surface area contributed by atoms with Gasteiger partial charge in [-0.15, -0.1) is 0 Å². The van der Waals surface area contributed by atoms with Crippen LogP contribution in [0.15, 0.2) is 59.7 Å². The normalized spacial score (nSPS) is 14.9. The average molecular weight is 359 g/mol. The van der Waals surface area contributed by atoms with Crippen LogP contribution in [0.1, 0.15) is 18.4 Å². The number of nitrogens with zero attached hydrogens (tertiary/aromatic N) is 6. The zero-order valence-corrected chi connectivity index (χ0v) is 14.7. The second-order valence-electron chi connectivity index (χ2n) is 6.67. The van der Waals surface area contributed by atoms with Crippen molar-refractivity contribution in [1.82, 2.24) is 29.9 Å². The van der Waals surface area contributed by atoms with Gasteiger partial charge in [-0.1, -0.05) is 11.2 Å². The minimum atomic E-state index is -0.122. The Balaban J connectivity index is 1.44. The van der Waals surface area contributed by atoms with Gasteiger partial charge < -0.3 is 9.84 Å². The molecule has 27 heavy (non-hydrogen) atoms. The number of hydrogen-bond acceptors (Lipinski definition) is 7. The first-order valence-corrected chi connectivity index (χ1v) is 8.70. The Labute approximate surface area is 155 Å². The predicted molar refractivity (Wildman–Crippen MR) is 98.5 cm³/mol. The molecule has 134 valence electrons. The molecule has 0 atom stereocenters. The van der Waals surface area contributed by atoms with Crippen LogP contribution in [-0.4, -0.2) is 29.9 Å². The highest BCUT2D eigenvalue weighted by molar-refractivity contribution is 5.62. The van der Waals surface area contributed by atoms with E-state index < -0.39 is 0 Å². The third-order valence-electron chi connectivity index (χ3n) is 4.73. The highest BCUT2D eigenvalue weighted by Crippen LogP contribution is 2.47. The van der Waals surface area contributed by atoms with Gasteiger partial charge in [0.25, 0.3) is 0 Å². The third-order valence-corrected chi connectivity index (χ3v) is 4.73. The van der Waals surface area contributed by atoms with Gasteiger partial charge in [0.15, 0.2) is 0 Å². The molecule has 8 nitrogen and oxygen atoms in total. The molecule has 1 N–H and O–H groups in total. The van der Waals surface area contributed by atoms with Crippen LogP contribution >= 0.6 is 0 Å². The van der Waals surface area contributed by atoms with Crippen molar-refractivity contribution >= 4 is 5.95 Å². The van der Waals surface area contributed by atoms with E-state index in [-0.39, 0.29) is 5.54 Å². The molecule has 8 heteroatoms. The topological polar surface area (TPSA) is 94.6 Å². The molecule has 5 rings (SSSR count). The van der Waals surface area contributed by atoms with E-state index in [0.29, 0.717) is 11.6 Å². The van der Waals surface area contributed by atoms with Gasteiger partial charge in [-0.2, -0.15) is 5.10 Å². The fourth-order valence-corrected chi connectivity index (χ4v) is 3.12. The van der Waals surface area contributed by atoms with E-state index in [1.807, 2.05) is 48.4 Å². The van der Waals surface area contributed by atoms with Gasteiger partial charge in [0.05, 0.1) is 28.8 Å². The molecule has 0 aromatic carbocycles. The maximum atomic E-state index is 4.91. The van der Waals surface area contributed by atoms with Crippen LogP contribution < -0.4 is 5.32 Å². The standard InChI is InChI=1S/C19H17N7O/c1-26-12-13(11-21-26)19(7-8-19)24-18-20-9-5-16(23-18)14-3-2-4-15(22-14)17-6-10-27-25-17/h2-6,9-12H,7-8H2,1H3,(H,20,23,24). The van der Waals surface area contributed by atoms with E-state index in [2.05, 4.69) is 30.5 Å². The van der Waals surface area contributed by atoms with Crippen LogP contribution in [0.4, 0.5) is 5.95 Å². The summed E-state index contributed by atoms with van der Waals surface area (Å²) in [6.07, 6.45) is 9.27. The van der Waals surface area contributed by atoms with Crippen LogP contribution in [-0.2, 0) is 12.6 Å². The largest absolute Gasteiger partial charge is 0.364 e. The molecule has 1 aliphatic carbocycles. The number of aryl methyl sites for hydroxylation is 1. The highest BCUT2D eigenvalue weighted by Gasteiger charge is 2.46. The van der Waals surface area contributed by atoms with Gasteiger partial charge in [0.1, 0.15) is 12.0 Å². The molecule has 0 amide bonds. The summed E-state index contributed by atoms with van der Waals surface area (Å²) >= 11 is 0. The summed E-state index contributed by atoms with van der Waals surface area (Å²) in [5.74, 6) is 0.586. The first-order chi connectivity index (χ1) is 13.2. The summed E-state index contributed by atoms with van der Waals surface area (Å²) in [6, 6.07) is 9.38. The maximum Gasteiger partial charge on any atom is 0.223 e. The first-order valence-electron chi connectivity index (χ1n) is 8.70. The second kappa shape index (κ2) is 6.01. The minimum absolute atomic E-state index is 0.122. The lowest BCUT2D eigenvalue weighted by Gasteiger charge is -2.16. The van der Waals surface area contributed by atoms with Crippen molar-refractivity contribution in [3.63, 3.8) is 0 Å². The third kappa shape index (κ3) is 2.95. The van der Waals surface area contributed by atoms with Crippen LogP contribution in [0.3, 0.4) is 0 Å². The molecule has 0 bridgehead atoms. The molecular weight excluding hydrogens is 342 g/mol. The zero-order valence-electron chi connectivity index (χ0n) is 14.7. The monoisotopic (exact) mass is 359 g/mol. The second-order valence-corrected chi connectivity index (χ2v) is 6.67. The maximum absolute atomic E-state index is 4.91. The summed E-state index contributed by atoms with van der Waals surface area (Å²) < 4.78 is 6.72. The number of rotatable bonds is 5. The molecule has 0 spiro atoms. The molecule has 0 unspecified atom stereocenters. The Hall–Kier alpha value is -3.55. The van der Waals surface area contributed by atoms with E-state index in [1.54, 1.807) is 12.3 Å². The SMILES string of the molecule is Cn1cc(C2(Nc3nccc(-c4cccc(-c5ccon5)n4)n3)CC2)cn1. The minimum Gasteiger partial charge on any atom is -0.364 e. The summed E-state index contributed by atoms with van der Waals surface area (Å²) in [7, 11) is 1.92. The van der Waals surface area contributed by atoms with Gasteiger partial charge in [-0.05, 0) is 31.0 Å². The van der Waals surface area contributed by atoms with Crippen LogP contribution in [0.25, 0.3) is 22.8 Å². The number of anilines is 1. The van der Waals surface area contributed by atoms with Crippen LogP contribution in [0, 0.1) is 0 Å². The van der Waals surface area contributed by atoms with Crippen LogP contribution in [0.2, 0.25) is 0 Å². The van der Waals surface area contributed by atoms with Gasteiger partial charge in [-0.3, -0.25) is 4.68 Å². The lowest BCUT2D eigenvalue weighted by Crippen LogP contribution is -2.20.